The fourth-order valence-corrected chi connectivity index (χ4v) is 2.65. The van der Waals surface area contributed by atoms with Crippen molar-refractivity contribution in [3.63, 3.8) is 0 Å². The van der Waals surface area contributed by atoms with Crippen LogP contribution in [0.25, 0.3) is 0 Å². The molecule has 5 nitrogen and oxygen atoms in total. The van der Waals surface area contributed by atoms with Crippen molar-refractivity contribution in [2.45, 2.75) is 18.8 Å². The van der Waals surface area contributed by atoms with Gasteiger partial charge in [-0.05, 0) is 30.4 Å². The van der Waals surface area contributed by atoms with Gasteiger partial charge < -0.3 is 19.5 Å². The molecule has 0 spiro atoms. The van der Waals surface area contributed by atoms with E-state index in [1.807, 2.05) is 0 Å². The summed E-state index contributed by atoms with van der Waals surface area (Å²) >= 11 is 0. The zero-order valence-electron chi connectivity index (χ0n) is 11.6. The Balaban J connectivity index is 2.01. The van der Waals surface area contributed by atoms with Gasteiger partial charge in [0.05, 0.1) is 31.6 Å². The summed E-state index contributed by atoms with van der Waals surface area (Å²) in [5.74, 6) is 0.312. The molecule has 1 aromatic carbocycles. The van der Waals surface area contributed by atoms with Crippen molar-refractivity contribution in [2.24, 2.45) is 0 Å². The predicted molar refractivity (Wildman–Crippen MR) is 74.5 cm³/mol. The van der Waals surface area contributed by atoms with Gasteiger partial charge in [0.25, 0.3) is 0 Å². The van der Waals surface area contributed by atoms with Gasteiger partial charge in [-0.1, -0.05) is 0 Å². The Morgan fingerprint density at radius 3 is 2.65 bits per heavy atom. The summed E-state index contributed by atoms with van der Waals surface area (Å²) in [6, 6.07) is 3.49. The number of aromatic hydroxyl groups is 1. The minimum Gasteiger partial charge on any atom is -0.508 e. The van der Waals surface area contributed by atoms with Crippen molar-refractivity contribution >= 4 is 11.7 Å². The standard InChI is InChI=1S/C15H19NO4/c1-19-15(18)12-8-11(10-2-3-10)14(17)9-13(12)16-4-6-20-7-5-16/h8-10,17H,2-7H2,1H3. The fourth-order valence-electron chi connectivity index (χ4n) is 2.65. The number of morpholine rings is 1. The first-order valence-corrected chi connectivity index (χ1v) is 6.98. The fraction of sp³-hybridized carbons (Fsp3) is 0.533. The largest absolute Gasteiger partial charge is 0.508 e. The zero-order valence-corrected chi connectivity index (χ0v) is 11.6. The quantitative estimate of drug-likeness (QED) is 0.855. The summed E-state index contributed by atoms with van der Waals surface area (Å²) < 4.78 is 10.2. The minimum atomic E-state index is -0.353. The second kappa shape index (κ2) is 5.32. The van der Waals surface area contributed by atoms with Crippen molar-refractivity contribution in [3.05, 3.63) is 23.3 Å². The molecule has 2 aliphatic rings. The molecule has 108 valence electrons. The molecule has 0 amide bonds. The lowest BCUT2D eigenvalue weighted by atomic mass is 10.0. The molecule has 1 N–H and O–H groups in total. The molecule has 2 fully saturated rings. The first kappa shape index (κ1) is 13.2. The van der Waals surface area contributed by atoms with E-state index in [0.717, 1.165) is 24.1 Å². The monoisotopic (exact) mass is 277 g/mol. The molecule has 1 aliphatic carbocycles. The summed E-state index contributed by atoms with van der Waals surface area (Å²) in [6.45, 7) is 2.69. The number of nitrogens with zero attached hydrogens (tertiary/aromatic N) is 1. The lowest BCUT2D eigenvalue weighted by Crippen LogP contribution is -2.37. The van der Waals surface area contributed by atoms with Crippen molar-refractivity contribution in [2.75, 3.05) is 38.3 Å². The second-order valence-corrected chi connectivity index (χ2v) is 5.29. The van der Waals surface area contributed by atoms with Crippen LogP contribution in [0, 0.1) is 0 Å². The third kappa shape index (κ3) is 2.45. The Morgan fingerprint density at radius 1 is 1.35 bits per heavy atom. The number of anilines is 1. The number of benzene rings is 1. The van der Waals surface area contributed by atoms with Gasteiger partial charge in [-0.3, -0.25) is 0 Å². The molecule has 3 rings (SSSR count). The van der Waals surface area contributed by atoms with Gasteiger partial charge in [0.15, 0.2) is 0 Å². The molecule has 1 aliphatic heterocycles. The number of ether oxygens (including phenoxy) is 2. The van der Waals surface area contributed by atoms with Crippen LogP contribution in [0.4, 0.5) is 5.69 Å². The van der Waals surface area contributed by atoms with E-state index in [-0.39, 0.29) is 11.7 Å². The van der Waals surface area contributed by atoms with Crippen molar-refractivity contribution < 1.29 is 19.4 Å². The number of carbonyl (C=O) groups is 1. The van der Waals surface area contributed by atoms with Gasteiger partial charge >= 0.3 is 5.97 Å². The van der Waals surface area contributed by atoms with Crippen LogP contribution in [0.1, 0.15) is 34.7 Å². The van der Waals surface area contributed by atoms with Crippen LogP contribution in [0.3, 0.4) is 0 Å². The summed E-state index contributed by atoms with van der Waals surface area (Å²) in [5, 5.41) is 10.2. The van der Waals surface area contributed by atoms with Crippen LogP contribution < -0.4 is 4.90 Å². The highest BCUT2D eigenvalue weighted by atomic mass is 16.5. The molecule has 1 saturated heterocycles. The van der Waals surface area contributed by atoms with Gasteiger partial charge in [0.1, 0.15) is 5.75 Å². The molecule has 0 unspecified atom stereocenters. The summed E-state index contributed by atoms with van der Waals surface area (Å²) in [5.41, 5.74) is 2.14. The van der Waals surface area contributed by atoms with Gasteiger partial charge in [0.2, 0.25) is 0 Å². The number of phenolic OH excluding ortho intramolecular Hbond substituents is 1. The van der Waals surface area contributed by atoms with E-state index in [2.05, 4.69) is 4.90 Å². The highest BCUT2D eigenvalue weighted by Crippen LogP contribution is 2.46. The van der Waals surface area contributed by atoms with E-state index in [1.165, 1.54) is 7.11 Å². The minimum absolute atomic E-state index is 0.279. The summed E-state index contributed by atoms with van der Waals surface area (Å²) in [6.07, 6.45) is 2.15. The van der Waals surface area contributed by atoms with Crippen molar-refractivity contribution in [1.82, 2.24) is 0 Å². The van der Waals surface area contributed by atoms with E-state index >= 15 is 0 Å². The summed E-state index contributed by atoms with van der Waals surface area (Å²) in [7, 11) is 1.38. The Bertz CT molecular complexity index is 519. The third-order valence-electron chi connectivity index (χ3n) is 3.92. The molecule has 0 atom stereocenters. The number of rotatable bonds is 3. The highest BCUT2D eigenvalue weighted by Gasteiger charge is 2.30. The second-order valence-electron chi connectivity index (χ2n) is 5.29. The SMILES string of the molecule is COC(=O)c1cc(C2CC2)c(O)cc1N1CCOCC1. The third-order valence-corrected chi connectivity index (χ3v) is 3.92. The molecule has 1 aromatic rings. The predicted octanol–water partition coefficient (Wildman–Crippen LogP) is 1.89. The highest BCUT2D eigenvalue weighted by molar-refractivity contribution is 5.96. The molecular formula is C15H19NO4. The molecule has 1 saturated carbocycles. The lowest BCUT2D eigenvalue weighted by Gasteiger charge is -2.30. The maximum absolute atomic E-state index is 12.0. The Hall–Kier alpha value is -1.75. The van der Waals surface area contributed by atoms with Gasteiger partial charge in [0, 0.05) is 19.2 Å². The summed E-state index contributed by atoms with van der Waals surface area (Å²) in [4.78, 5) is 14.1. The van der Waals surface area contributed by atoms with E-state index < -0.39 is 0 Å². The van der Waals surface area contributed by atoms with Crippen LogP contribution >= 0.6 is 0 Å². The van der Waals surface area contributed by atoms with E-state index in [9.17, 15) is 9.90 Å². The Morgan fingerprint density at radius 2 is 2.05 bits per heavy atom. The molecule has 5 heteroatoms. The molecule has 20 heavy (non-hydrogen) atoms. The first-order chi connectivity index (χ1) is 9.70. The van der Waals surface area contributed by atoms with Crippen LogP contribution in [0.2, 0.25) is 0 Å². The van der Waals surface area contributed by atoms with Crippen molar-refractivity contribution in [3.8, 4) is 5.75 Å². The number of methoxy groups -OCH3 is 1. The average molecular weight is 277 g/mol. The maximum atomic E-state index is 12.0. The number of carbonyl (C=O) groups excluding carboxylic acids is 1. The van der Waals surface area contributed by atoms with Crippen LogP contribution in [0.5, 0.6) is 5.75 Å². The molecular weight excluding hydrogens is 258 g/mol. The van der Waals surface area contributed by atoms with E-state index in [4.69, 9.17) is 9.47 Å². The zero-order chi connectivity index (χ0) is 14.1. The number of phenols is 1. The molecule has 1 heterocycles. The number of hydrogen-bond donors (Lipinski definition) is 1. The van der Waals surface area contributed by atoms with Gasteiger partial charge in [-0.25, -0.2) is 4.79 Å². The number of esters is 1. The average Bonchev–Trinajstić information content (AvgIpc) is 3.31. The van der Waals surface area contributed by atoms with Gasteiger partial charge in [-0.15, -0.1) is 0 Å². The van der Waals surface area contributed by atoms with Crippen LogP contribution in [0.15, 0.2) is 12.1 Å². The Labute approximate surface area is 118 Å². The Kier molecular flexibility index (Phi) is 3.53. The molecule has 0 bridgehead atoms. The molecule has 0 radical (unpaired) electrons. The smallest absolute Gasteiger partial charge is 0.339 e. The molecule has 0 aromatic heterocycles. The van der Waals surface area contributed by atoms with Gasteiger partial charge in [-0.2, -0.15) is 0 Å². The van der Waals surface area contributed by atoms with Crippen LogP contribution in [-0.4, -0.2) is 44.5 Å². The van der Waals surface area contributed by atoms with Crippen molar-refractivity contribution in [1.29, 1.82) is 0 Å². The number of hydrogen-bond acceptors (Lipinski definition) is 5. The lowest BCUT2D eigenvalue weighted by molar-refractivity contribution is 0.0600. The first-order valence-electron chi connectivity index (χ1n) is 6.98. The normalized spacial score (nSPS) is 18.9. The van der Waals surface area contributed by atoms with E-state index in [0.29, 0.717) is 37.8 Å². The van der Waals surface area contributed by atoms with Crippen LogP contribution in [-0.2, 0) is 9.47 Å². The topological polar surface area (TPSA) is 59.0 Å². The maximum Gasteiger partial charge on any atom is 0.339 e. The van der Waals surface area contributed by atoms with E-state index in [1.54, 1.807) is 12.1 Å².